The molecule has 2 aromatic carbocycles. The maximum atomic E-state index is 13.7. The molecule has 0 spiro atoms. The second-order valence-corrected chi connectivity index (χ2v) is 5.72. The van der Waals surface area contributed by atoms with Crippen molar-refractivity contribution in [1.29, 1.82) is 0 Å². The first-order valence-corrected chi connectivity index (χ1v) is 7.09. The van der Waals surface area contributed by atoms with Crippen LogP contribution in [0, 0.1) is 12.7 Å². The van der Waals surface area contributed by atoms with Crippen molar-refractivity contribution in [3.05, 3.63) is 62.3 Å². The Kier molecular flexibility index (Phi) is 4.37. The van der Waals surface area contributed by atoms with Crippen LogP contribution in [-0.2, 0) is 0 Å². The number of nitrogens with one attached hydrogen (secondary N) is 1. The van der Waals surface area contributed by atoms with Crippen LogP contribution in [0.4, 0.5) is 10.1 Å². The highest BCUT2D eigenvalue weighted by molar-refractivity contribution is 9.11. The normalized spacial score (nSPS) is 10.3. The Labute approximate surface area is 127 Å². The number of hydrogen-bond acceptors (Lipinski definition) is 1. The number of benzene rings is 2. The predicted molar refractivity (Wildman–Crippen MR) is 80.9 cm³/mol. The van der Waals surface area contributed by atoms with E-state index in [-0.39, 0.29) is 5.56 Å². The summed E-state index contributed by atoms with van der Waals surface area (Å²) in [6, 6.07) is 9.83. The molecule has 0 unspecified atom stereocenters. The van der Waals surface area contributed by atoms with Gasteiger partial charge in [0.15, 0.2) is 0 Å². The molecule has 98 valence electrons. The van der Waals surface area contributed by atoms with Gasteiger partial charge in [-0.25, -0.2) is 4.39 Å². The zero-order valence-corrected chi connectivity index (χ0v) is 13.2. The summed E-state index contributed by atoms with van der Waals surface area (Å²) in [5.41, 5.74) is 1.62. The average molecular weight is 387 g/mol. The van der Waals surface area contributed by atoms with Gasteiger partial charge in [-0.2, -0.15) is 0 Å². The van der Waals surface area contributed by atoms with E-state index in [4.69, 9.17) is 0 Å². The first kappa shape index (κ1) is 14.2. The number of halogens is 3. The molecule has 0 fully saturated rings. The standard InChI is InChI=1S/C14H10Br2FNO/c1-8-3-2-4-12(13(8)16)18-14(19)10-6-5-9(15)7-11(10)17/h2-7H,1H3,(H,18,19). The van der Waals surface area contributed by atoms with E-state index in [2.05, 4.69) is 37.2 Å². The number of carbonyl (C=O) groups is 1. The molecule has 0 heterocycles. The van der Waals surface area contributed by atoms with E-state index in [1.165, 1.54) is 12.1 Å². The molecule has 0 aliphatic heterocycles. The number of rotatable bonds is 2. The van der Waals surface area contributed by atoms with Gasteiger partial charge in [0.05, 0.1) is 11.3 Å². The van der Waals surface area contributed by atoms with Crippen molar-refractivity contribution in [2.45, 2.75) is 6.92 Å². The first-order valence-electron chi connectivity index (χ1n) is 5.50. The topological polar surface area (TPSA) is 29.1 Å². The largest absolute Gasteiger partial charge is 0.321 e. The van der Waals surface area contributed by atoms with Crippen LogP contribution in [0.2, 0.25) is 0 Å². The molecule has 2 aromatic rings. The summed E-state index contributed by atoms with van der Waals surface area (Å²) in [6.07, 6.45) is 0. The van der Waals surface area contributed by atoms with Crippen molar-refractivity contribution < 1.29 is 9.18 Å². The van der Waals surface area contributed by atoms with E-state index >= 15 is 0 Å². The van der Waals surface area contributed by atoms with Crippen LogP contribution < -0.4 is 5.32 Å². The quantitative estimate of drug-likeness (QED) is 0.780. The number of amides is 1. The van der Waals surface area contributed by atoms with Crippen molar-refractivity contribution in [2.24, 2.45) is 0 Å². The van der Waals surface area contributed by atoms with Gasteiger partial charge in [0.2, 0.25) is 0 Å². The van der Waals surface area contributed by atoms with Crippen molar-refractivity contribution >= 4 is 43.5 Å². The third kappa shape index (κ3) is 3.22. The second-order valence-electron chi connectivity index (χ2n) is 4.01. The fourth-order valence-corrected chi connectivity index (χ4v) is 2.30. The molecule has 1 amide bonds. The van der Waals surface area contributed by atoms with Gasteiger partial charge in [-0.05, 0) is 52.7 Å². The summed E-state index contributed by atoms with van der Waals surface area (Å²) in [5.74, 6) is -1.04. The van der Waals surface area contributed by atoms with E-state index in [1.54, 1.807) is 12.1 Å². The first-order chi connectivity index (χ1) is 8.99. The number of carbonyl (C=O) groups excluding carboxylic acids is 1. The molecule has 1 N–H and O–H groups in total. The molecule has 2 nitrogen and oxygen atoms in total. The smallest absolute Gasteiger partial charge is 0.258 e. The minimum atomic E-state index is -0.560. The third-order valence-electron chi connectivity index (χ3n) is 2.62. The highest BCUT2D eigenvalue weighted by Crippen LogP contribution is 2.26. The van der Waals surface area contributed by atoms with E-state index < -0.39 is 11.7 Å². The highest BCUT2D eigenvalue weighted by Gasteiger charge is 2.13. The highest BCUT2D eigenvalue weighted by atomic mass is 79.9. The molecule has 0 atom stereocenters. The van der Waals surface area contributed by atoms with E-state index in [1.807, 2.05) is 19.1 Å². The Morgan fingerprint density at radius 1 is 1.21 bits per heavy atom. The van der Waals surface area contributed by atoms with Crippen molar-refractivity contribution in [2.75, 3.05) is 5.32 Å². The van der Waals surface area contributed by atoms with Gasteiger partial charge >= 0.3 is 0 Å². The Bertz CT molecular complexity index is 643. The average Bonchev–Trinajstić information content (AvgIpc) is 2.34. The molecule has 2 rings (SSSR count). The minimum absolute atomic E-state index is 0.0107. The zero-order valence-electron chi connectivity index (χ0n) is 10.0. The predicted octanol–water partition coefficient (Wildman–Crippen LogP) is 4.91. The lowest BCUT2D eigenvalue weighted by Crippen LogP contribution is -2.14. The summed E-state index contributed by atoms with van der Waals surface area (Å²) < 4.78 is 15.1. The van der Waals surface area contributed by atoms with Crippen LogP contribution in [-0.4, -0.2) is 5.91 Å². The number of anilines is 1. The van der Waals surface area contributed by atoms with Gasteiger partial charge in [-0.3, -0.25) is 4.79 Å². The molecular formula is C14H10Br2FNO. The summed E-state index contributed by atoms with van der Waals surface area (Å²) in [5, 5.41) is 2.69. The van der Waals surface area contributed by atoms with Gasteiger partial charge in [0.1, 0.15) is 5.82 Å². The lowest BCUT2D eigenvalue weighted by atomic mass is 10.2. The second kappa shape index (κ2) is 5.84. The summed E-state index contributed by atoms with van der Waals surface area (Å²) >= 11 is 6.55. The van der Waals surface area contributed by atoms with E-state index in [0.717, 1.165) is 10.0 Å². The van der Waals surface area contributed by atoms with Crippen LogP contribution in [0.1, 0.15) is 15.9 Å². The number of hydrogen-bond donors (Lipinski definition) is 1. The fraction of sp³-hybridized carbons (Fsp3) is 0.0714. The zero-order chi connectivity index (χ0) is 14.0. The van der Waals surface area contributed by atoms with Crippen LogP contribution in [0.25, 0.3) is 0 Å². The molecule has 5 heteroatoms. The van der Waals surface area contributed by atoms with E-state index in [0.29, 0.717) is 10.2 Å². The molecule has 0 radical (unpaired) electrons. The summed E-state index contributed by atoms with van der Waals surface area (Å²) in [4.78, 5) is 12.0. The van der Waals surface area contributed by atoms with Gasteiger partial charge in [-0.15, -0.1) is 0 Å². The van der Waals surface area contributed by atoms with Gasteiger partial charge in [-0.1, -0.05) is 28.1 Å². The van der Waals surface area contributed by atoms with Crippen molar-refractivity contribution in [3.8, 4) is 0 Å². The van der Waals surface area contributed by atoms with Crippen LogP contribution in [0.5, 0.6) is 0 Å². The molecular weight excluding hydrogens is 377 g/mol. The molecule has 0 saturated carbocycles. The Balaban J connectivity index is 2.28. The minimum Gasteiger partial charge on any atom is -0.321 e. The summed E-state index contributed by atoms with van der Waals surface area (Å²) in [7, 11) is 0. The molecule has 0 aromatic heterocycles. The monoisotopic (exact) mass is 385 g/mol. The van der Waals surface area contributed by atoms with Crippen LogP contribution in [0.15, 0.2) is 45.3 Å². The van der Waals surface area contributed by atoms with Crippen LogP contribution in [0.3, 0.4) is 0 Å². The van der Waals surface area contributed by atoms with Gasteiger partial charge < -0.3 is 5.32 Å². The molecule has 0 bridgehead atoms. The molecule has 0 aliphatic rings. The lowest BCUT2D eigenvalue weighted by Gasteiger charge is -2.09. The van der Waals surface area contributed by atoms with Gasteiger partial charge in [0, 0.05) is 8.95 Å². The molecule has 0 saturated heterocycles. The third-order valence-corrected chi connectivity index (χ3v) is 4.16. The maximum Gasteiger partial charge on any atom is 0.258 e. The summed E-state index contributed by atoms with van der Waals surface area (Å²) in [6.45, 7) is 1.92. The Morgan fingerprint density at radius 2 is 1.95 bits per heavy atom. The maximum absolute atomic E-state index is 13.7. The lowest BCUT2D eigenvalue weighted by molar-refractivity contribution is 0.102. The fourth-order valence-electron chi connectivity index (χ4n) is 1.61. The van der Waals surface area contributed by atoms with Crippen LogP contribution >= 0.6 is 31.9 Å². The molecule has 19 heavy (non-hydrogen) atoms. The Hall–Kier alpha value is -1.20. The van der Waals surface area contributed by atoms with Crippen molar-refractivity contribution in [1.82, 2.24) is 0 Å². The molecule has 0 aliphatic carbocycles. The van der Waals surface area contributed by atoms with Crippen molar-refractivity contribution in [3.63, 3.8) is 0 Å². The Morgan fingerprint density at radius 3 is 2.63 bits per heavy atom. The number of aryl methyl sites for hydroxylation is 1. The van der Waals surface area contributed by atoms with E-state index in [9.17, 15) is 9.18 Å². The van der Waals surface area contributed by atoms with Gasteiger partial charge in [0.25, 0.3) is 5.91 Å². The SMILES string of the molecule is Cc1cccc(NC(=O)c2ccc(Br)cc2F)c1Br.